The number of hydrogen-bond acceptors (Lipinski definition) is 2. The van der Waals surface area contributed by atoms with E-state index in [4.69, 9.17) is 0 Å². The van der Waals surface area contributed by atoms with E-state index in [1.807, 2.05) is 30.3 Å². The summed E-state index contributed by atoms with van der Waals surface area (Å²) in [5, 5.41) is 6.60. The number of alkyl halides is 3. The molecule has 0 bridgehead atoms. The molecule has 0 atom stereocenters. The van der Waals surface area contributed by atoms with Gasteiger partial charge < -0.3 is 10.6 Å². The fourth-order valence-electron chi connectivity index (χ4n) is 1.77. The Morgan fingerprint density at radius 3 is 2.48 bits per heavy atom. The molecule has 1 amide bonds. The first-order chi connectivity index (χ1) is 9.83. The van der Waals surface area contributed by atoms with Crippen molar-refractivity contribution in [1.82, 2.24) is 5.32 Å². The van der Waals surface area contributed by atoms with Gasteiger partial charge in [-0.15, -0.1) is 0 Å². The number of rotatable bonds is 4. The lowest BCUT2D eigenvalue weighted by molar-refractivity contribution is -0.137. The van der Waals surface area contributed by atoms with Gasteiger partial charge in [0.15, 0.2) is 0 Å². The first-order valence-electron chi connectivity index (χ1n) is 6.10. The number of carbonyl (C=O) groups excluding carboxylic acids is 1. The summed E-state index contributed by atoms with van der Waals surface area (Å²) in [5.74, 6) is -0.705. The predicted molar refractivity (Wildman–Crippen MR) is 79.2 cm³/mol. The Hall–Kier alpha value is -1.76. The summed E-state index contributed by atoms with van der Waals surface area (Å²) in [5.41, 5.74) is 0.673. The molecule has 0 aliphatic carbocycles. The molecule has 0 aromatic heterocycles. The molecule has 0 saturated carbocycles. The standard InChI is InChI=1S/C14H12BrF3N2O/c15-11-3-1-10-6-12(4-2-9(10)5-11)19-7-13(21)20-8-14(16,17)18/h1-6,19H,7-8H2,(H,20,21). The Bertz CT molecular complexity index is 658. The Labute approximate surface area is 127 Å². The lowest BCUT2D eigenvalue weighted by atomic mass is 10.1. The highest BCUT2D eigenvalue weighted by atomic mass is 79.9. The lowest BCUT2D eigenvalue weighted by Gasteiger charge is -2.10. The van der Waals surface area contributed by atoms with Gasteiger partial charge in [0.25, 0.3) is 0 Å². The molecule has 0 spiro atoms. The van der Waals surface area contributed by atoms with Gasteiger partial charge in [0.2, 0.25) is 5.91 Å². The number of halogens is 4. The van der Waals surface area contributed by atoms with Crippen molar-refractivity contribution in [1.29, 1.82) is 0 Å². The third kappa shape index (κ3) is 4.93. The number of fused-ring (bicyclic) bond motifs is 1. The van der Waals surface area contributed by atoms with E-state index >= 15 is 0 Å². The van der Waals surface area contributed by atoms with Crippen molar-refractivity contribution in [3.05, 3.63) is 40.9 Å². The zero-order valence-electron chi connectivity index (χ0n) is 10.8. The normalized spacial score (nSPS) is 11.4. The summed E-state index contributed by atoms with van der Waals surface area (Å²) in [6.45, 7) is -1.53. The molecule has 2 aromatic rings. The Morgan fingerprint density at radius 2 is 1.76 bits per heavy atom. The van der Waals surface area contributed by atoms with Crippen molar-refractivity contribution in [3.8, 4) is 0 Å². The zero-order chi connectivity index (χ0) is 15.5. The van der Waals surface area contributed by atoms with Crippen molar-refractivity contribution in [3.63, 3.8) is 0 Å². The van der Waals surface area contributed by atoms with Gasteiger partial charge in [-0.1, -0.05) is 28.1 Å². The molecule has 0 unspecified atom stereocenters. The van der Waals surface area contributed by atoms with E-state index in [-0.39, 0.29) is 6.54 Å². The maximum Gasteiger partial charge on any atom is 0.405 e. The number of anilines is 1. The largest absolute Gasteiger partial charge is 0.405 e. The van der Waals surface area contributed by atoms with Crippen LogP contribution in [0.2, 0.25) is 0 Å². The quantitative estimate of drug-likeness (QED) is 0.872. The van der Waals surface area contributed by atoms with Crippen LogP contribution in [0.3, 0.4) is 0 Å². The minimum atomic E-state index is -4.40. The predicted octanol–water partition coefficient (Wildman–Crippen LogP) is 3.69. The molecule has 0 aliphatic heterocycles. The summed E-state index contributed by atoms with van der Waals surface area (Å²) in [6.07, 6.45) is -4.40. The van der Waals surface area contributed by atoms with Crippen LogP contribution in [0.1, 0.15) is 0 Å². The summed E-state index contributed by atoms with van der Waals surface area (Å²) >= 11 is 3.37. The van der Waals surface area contributed by atoms with Crippen molar-refractivity contribution >= 4 is 38.3 Å². The van der Waals surface area contributed by atoms with E-state index in [0.29, 0.717) is 5.69 Å². The minimum Gasteiger partial charge on any atom is -0.376 e. The van der Waals surface area contributed by atoms with E-state index in [9.17, 15) is 18.0 Å². The molecule has 2 rings (SSSR count). The van der Waals surface area contributed by atoms with Crippen LogP contribution >= 0.6 is 15.9 Å². The van der Waals surface area contributed by atoms with Gasteiger partial charge in [-0.25, -0.2) is 0 Å². The Kier molecular flexibility index (Phi) is 4.72. The van der Waals surface area contributed by atoms with E-state index in [0.717, 1.165) is 15.2 Å². The van der Waals surface area contributed by atoms with E-state index in [2.05, 4.69) is 21.2 Å². The maximum atomic E-state index is 11.9. The topological polar surface area (TPSA) is 41.1 Å². The molecule has 7 heteroatoms. The van der Waals surface area contributed by atoms with Gasteiger partial charge in [0, 0.05) is 10.2 Å². The smallest absolute Gasteiger partial charge is 0.376 e. The fraction of sp³-hybridized carbons (Fsp3) is 0.214. The molecule has 0 saturated heterocycles. The second-order valence-corrected chi connectivity index (χ2v) is 5.37. The summed E-state index contributed by atoms with van der Waals surface area (Å²) in [4.78, 5) is 11.3. The number of nitrogens with one attached hydrogen (secondary N) is 2. The van der Waals surface area contributed by atoms with E-state index in [1.165, 1.54) is 0 Å². The van der Waals surface area contributed by atoms with Crippen LogP contribution in [-0.2, 0) is 4.79 Å². The highest BCUT2D eigenvalue weighted by molar-refractivity contribution is 9.10. The average Bonchev–Trinajstić information content (AvgIpc) is 2.42. The second kappa shape index (κ2) is 6.34. The van der Waals surface area contributed by atoms with Crippen LogP contribution < -0.4 is 10.6 Å². The van der Waals surface area contributed by atoms with Gasteiger partial charge in [-0.05, 0) is 35.0 Å². The molecule has 0 fully saturated rings. The number of amides is 1. The van der Waals surface area contributed by atoms with Crippen LogP contribution in [0.25, 0.3) is 10.8 Å². The van der Waals surface area contributed by atoms with Crippen molar-refractivity contribution < 1.29 is 18.0 Å². The number of hydrogen-bond donors (Lipinski definition) is 2. The maximum absolute atomic E-state index is 11.9. The molecular weight excluding hydrogens is 349 g/mol. The van der Waals surface area contributed by atoms with Crippen molar-refractivity contribution in [2.45, 2.75) is 6.18 Å². The van der Waals surface area contributed by atoms with E-state index < -0.39 is 18.6 Å². The molecule has 0 aliphatic rings. The molecule has 0 heterocycles. The summed E-state index contributed by atoms with van der Waals surface area (Å²) < 4.78 is 36.8. The monoisotopic (exact) mass is 360 g/mol. The van der Waals surface area contributed by atoms with Crippen LogP contribution in [-0.4, -0.2) is 25.2 Å². The summed E-state index contributed by atoms with van der Waals surface area (Å²) in [7, 11) is 0. The molecule has 3 nitrogen and oxygen atoms in total. The third-order valence-electron chi connectivity index (χ3n) is 2.74. The highest BCUT2D eigenvalue weighted by Crippen LogP contribution is 2.22. The van der Waals surface area contributed by atoms with Gasteiger partial charge in [0.1, 0.15) is 6.54 Å². The summed E-state index contributed by atoms with van der Waals surface area (Å²) in [6, 6.07) is 11.2. The van der Waals surface area contributed by atoms with Gasteiger partial charge in [-0.3, -0.25) is 4.79 Å². The SMILES string of the molecule is O=C(CNc1ccc2cc(Br)ccc2c1)NCC(F)(F)F. The van der Waals surface area contributed by atoms with Crippen LogP contribution in [0.5, 0.6) is 0 Å². The molecule has 2 N–H and O–H groups in total. The van der Waals surface area contributed by atoms with Gasteiger partial charge >= 0.3 is 6.18 Å². The number of benzene rings is 2. The minimum absolute atomic E-state index is 0.210. The van der Waals surface area contributed by atoms with E-state index in [1.54, 1.807) is 11.4 Å². The zero-order valence-corrected chi connectivity index (χ0v) is 12.4. The molecule has 21 heavy (non-hydrogen) atoms. The third-order valence-corrected chi connectivity index (χ3v) is 3.23. The van der Waals surface area contributed by atoms with Crippen LogP contribution in [0, 0.1) is 0 Å². The van der Waals surface area contributed by atoms with Crippen molar-refractivity contribution in [2.75, 3.05) is 18.4 Å². The van der Waals surface area contributed by atoms with Gasteiger partial charge in [0.05, 0.1) is 6.54 Å². The van der Waals surface area contributed by atoms with Crippen LogP contribution in [0.4, 0.5) is 18.9 Å². The fourth-order valence-corrected chi connectivity index (χ4v) is 2.15. The highest BCUT2D eigenvalue weighted by Gasteiger charge is 2.27. The molecule has 112 valence electrons. The Balaban J connectivity index is 1.94. The second-order valence-electron chi connectivity index (χ2n) is 4.45. The Morgan fingerprint density at radius 1 is 1.10 bits per heavy atom. The van der Waals surface area contributed by atoms with Crippen LogP contribution in [0.15, 0.2) is 40.9 Å². The molecule has 0 radical (unpaired) electrons. The lowest BCUT2D eigenvalue weighted by Crippen LogP contribution is -2.37. The first kappa shape index (κ1) is 15.6. The van der Waals surface area contributed by atoms with Crippen molar-refractivity contribution in [2.24, 2.45) is 0 Å². The average molecular weight is 361 g/mol. The number of carbonyl (C=O) groups is 1. The van der Waals surface area contributed by atoms with Gasteiger partial charge in [-0.2, -0.15) is 13.2 Å². The molecule has 2 aromatic carbocycles. The first-order valence-corrected chi connectivity index (χ1v) is 6.89. The molecular formula is C14H12BrF3N2O.